The number of nitrogens with zero attached hydrogens (tertiary/aromatic N) is 2. The molecule has 2 heterocycles. The first-order valence-electron chi connectivity index (χ1n) is 10.3. The number of benzene rings is 1. The molecule has 1 saturated carbocycles. The van der Waals surface area contributed by atoms with Gasteiger partial charge in [0, 0.05) is 19.1 Å². The number of H-pyrrole nitrogens is 1. The first-order chi connectivity index (χ1) is 14.5. The standard InChI is InChI=1S/C21H25BrClN5O2/c22-17-18(26-27-19(17)25-20(29)15-6-1-2-7-16(15)23)21(30)24-14-5-3-4-10-28(12-14)11-13-8-9-13/h1-2,6-7,13-14H,3-5,8-12H2,(H,24,30)(H2,25,26,27,29). The zero-order chi connectivity index (χ0) is 21.1. The second kappa shape index (κ2) is 9.49. The first-order valence-corrected chi connectivity index (χ1v) is 11.5. The van der Waals surface area contributed by atoms with Crippen LogP contribution in [0.25, 0.3) is 0 Å². The largest absolute Gasteiger partial charge is 0.347 e. The molecule has 0 radical (unpaired) electrons. The number of aromatic nitrogens is 2. The van der Waals surface area contributed by atoms with Crippen molar-refractivity contribution in [2.24, 2.45) is 5.92 Å². The minimum absolute atomic E-state index is 0.107. The summed E-state index contributed by atoms with van der Waals surface area (Å²) >= 11 is 9.47. The number of amides is 2. The van der Waals surface area contributed by atoms with E-state index < -0.39 is 0 Å². The maximum atomic E-state index is 12.8. The number of rotatable bonds is 6. The molecule has 1 aliphatic heterocycles. The summed E-state index contributed by atoms with van der Waals surface area (Å²) in [6.45, 7) is 3.12. The molecule has 1 aliphatic carbocycles. The molecule has 30 heavy (non-hydrogen) atoms. The fourth-order valence-corrected chi connectivity index (χ4v) is 4.49. The third-order valence-corrected chi connectivity index (χ3v) is 6.69. The lowest BCUT2D eigenvalue weighted by molar-refractivity contribution is 0.0919. The van der Waals surface area contributed by atoms with E-state index in [1.807, 2.05) is 0 Å². The van der Waals surface area contributed by atoms with Crippen LogP contribution in [0.3, 0.4) is 0 Å². The van der Waals surface area contributed by atoms with E-state index in [-0.39, 0.29) is 23.7 Å². The van der Waals surface area contributed by atoms with Crippen molar-refractivity contribution < 1.29 is 9.59 Å². The van der Waals surface area contributed by atoms with Gasteiger partial charge in [-0.1, -0.05) is 30.2 Å². The quantitative estimate of drug-likeness (QED) is 0.565. The molecular weight excluding hydrogens is 470 g/mol. The summed E-state index contributed by atoms with van der Waals surface area (Å²) in [4.78, 5) is 27.8. The van der Waals surface area contributed by atoms with Crippen LogP contribution < -0.4 is 10.6 Å². The van der Waals surface area contributed by atoms with Crippen molar-refractivity contribution in [3.63, 3.8) is 0 Å². The van der Waals surface area contributed by atoms with Crippen LogP contribution in [-0.2, 0) is 0 Å². The van der Waals surface area contributed by atoms with Gasteiger partial charge in [0.2, 0.25) is 0 Å². The summed E-state index contributed by atoms with van der Waals surface area (Å²) in [6.07, 6.45) is 5.91. The van der Waals surface area contributed by atoms with Crippen LogP contribution in [0.1, 0.15) is 53.0 Å². The van der Waals surface area contributed by atoms with E-state index in [1.54, 1.807) is 24.3 Å². The van der Waals surface area contributed by atoms with Crippen LogP contribution in [0.5, 0.6) is 0 Å². The van der Waals surface area contributed by atoms with Gasteiger partial charge in [0.15, 0.2) is 5.82 Å². The summed E-state index contributed by atoms with van der Waals surface area (Å²) in [5, 5.41) is 13.0. The molecular formula is C21H25BrClN5O2. The number of anilines is 1. The summed E-state index contributed by atoms with van der Waals surface area (Å²) in [6, 6.07) is 6.87. The molecule has 2 fully saturated rings. The van der Waals surface area contributed by atoms with Gasteiger partial charge in [-0.25, -0.2) is 0 Å². The maximum Gasteiger partial charge on any atom is 0.270 e. The molecule has 0 bridgehead atoms. The van der Waals surface area contributed by atoms with Crippen LogP contribution >= 0.6 is 27.5 Å². The average molecular weight is 495 g/mol. The third kappa shape index (κ3) is 5.22. The second-order valence-corrected chi connectivity index (χ2v) is 9.26. The van der Waals surface area contributed by atoms with Crippen molar-refractivity contribution in [2.45, 2.75) is 38.1 Å². The van der Waals surface area contributed by atoms with Gasteiger partial charge in [-0.3, -0.25) is 14.7 Å². The topological polar surface area (TPSA) is 90.1 Å². The molecule has 1 atom stereocenters. The van der Waals surface area contributed by atoms with Crippen LogP contribution in [0.4, 0.5) is 5.82 Å². The Bertz CT molecular complexity index is 930. The number of hydrogen-bond donors (Lipinski definition) is 3. The molecule has 9 heteroatoms. The fourth-order valence-electron chi connectivity index (χ4n) is 3.81. The van der Waals surface area contributed by atoms with E-state index in [0.29, 0.717) is 20.8 Å². The molecule has 2 aromatic rings. The second-order valence-electron chi connectivity index (χ2n) is 8.06. The molecule has 160 valence electrons. The molecule has 3 N–H and O–H groups in total. The highest BCUT2D eigenvalue weighted by atomic mass is 79.9. The van der Waals surface area contributed by atoms with Gasteiger partial charge < -0.3 is 15.5 Å². The van der Waals surface area contributed by atoms with Crippen molar-refractivity contribution >= 4 is 45.2 Å². The van der Waals surface area contributed by atoms with Gasteiger partial charge in [0.05, 0.1) is 15.1 Å². The lowest BCUT2D eigenvalue weighted by Gasteiger charge is -2.24. The highest BCUT2D eigenvalue weighted by molar-refractivity contribution is 9.10. The Hall–Kier alpha value is -1.90. The van der Waals surface area contributed by atoms with Crippen molar-refractivity contribution in [1.82, 2.24) is 20.4 Å². The Morgan fingerprint density at radius 3 is 2.77 bits per heavy atom. The minimum Gasteiger partial charge on any atom is -0.347 e. The number of aromatic amines is 1. The monoisotopic (exact) mass is 493 g/mol. The normalized spacial score (nSPS) is 19.9. The van der Waals surface area contributed by atoms with Crippen molar-refractivity contribution in [1.29, 1.82) is 0 Å². The molecule has 1 aromatic carbocycles. The summed E-state index contributed by atoms with van der Waals surface area (Å²) in [5.41, 5.74) is 0.636. The molecule has 1 unspecified atom stereocenters. The average Bonchev–Trinajstić information content (AvgIpc) is 3.50. The smallest absolute Gasteiger partial charge is 0.270 e. The van der Waals surface area contributed by atoms with E-state index in [2.05, 4.69) is 41.7 Å². The summed E-state index contributed by atoms with van der Waals surface area (Å²) < 4.78 is 0.420. The molecule has 7 nitrogen and oxygen atoms in total. The minimum atomic E-state index is -0.390. The Morgan fingerprint density at radius 2 is 2.00 bits per heavy atom. The molecule has 1 aromatic heterocycles. The SMILES string of the molecule is O=C(Nc1n[nH]c(C(=O)NC2CCCCN(CC3CC3)C2)c1Br)c1ccccc1Cl. The van der Waals surface area contributed by atoms with E-state index in [4.69, 9.17) is 11.6 Å². The van der Waals surface area contributed by atoms with E-state index in [9.17, 15) is 9.59 Å². The Balaban J connectivity index is 1.39. The Kier molecular flexibility index (Phi) is 6.75. The number of carbonyl (C=O) groups excluding carboxylic acids is 2. The van der Waals surface area contributed by atoms with Gasteiger partial charge in [0.1, 0.15) is 5.69 Å². The molecule has 1 saturated heterocycles. The predicted molar refractivity (Wildman–Crippen MR) is 120 cm³/mol. The Morgan fingerprint density at radius 1 is 1.20 bits per heavy atom. The first kappa shape index (κ1) is 21.3. The van der Waals surface area contributed by atoms with Crippen LogP contribution in [0.2, 0.25) is 5.02 Å². The van der Waals surface area contributed by atoms with Crippen LogP contribution in [0.15, 0.2) is 28.7 Å². The fraction of sp³-hybridized carbons (Fsp3) is 0.476. The molecule has 2 amide bonds. The Labute approximate surface area is 189 Å². The number of halogens is 2. The van der Waals surface area contributed by atoms with E-state index in [0.717, 1.165) is 38.4 Å². The van der Waals surface area contributed by atoms with Gasteiger partial charge >= 0.3 is 0 Å². The summed E-state index contributed by atoms with van der Waals surface area (Å²) in [7, 11) is 0. The molecule has 2 aliphatic rings. The zero-order valence-corrected chi connectivity index (χ0v) is 18.9. The molecule has 0 spiro atoms. The third-order valence-electron chi connectivity index (χ3n) is 5.59. The van der Waals surface area contributed by atoms with Gasteiger partial charge in [-0.05, 0) is 66.2 Å². The predicted octanol–water partition coefficient (Wildman–Crippen LogP) is 4.07. The van der Waals surface area contributed by atoms with Gasteiger partial charge in [-0.15, -0.1) is 0 Å². The highest BCUT2D eigenvalue weighted by Crippen LogP contribution is 2.30. The summed E-state index contributed by atoms with van der Waals surface area (Å²) in [5.74, 6) is 0.469. The highest BCUT2D eigenvalue weighted by Gasteiger charge is 2.28. The number of hydrogen-bond acceptors (Lipinski definition) is 4. The van der Waals surface area contributed by atoms with Gasteiger partial charge in [0.25, 0.3) is 11.8 Å². The lowest BCUT2D eigenvalue weighted by Crippen LogP contribution is -2.43. The number of nitrogens with one attached hydrogen (secondary N) is 3. The number of carbonyl (C=O) groups is 2. The van der Waals surface area contributed by atoms with Crippen molar-refractivity contribution in [3.05, 3.63) is 45.0 Å². The van der Waals surface area contributed by atoms with Crippen LogP contribution in [-0.4, -0.2) is 52.6 Å². The van der Waals surface area contributed by atoms with E-state index >= 15 is 0 Å². The maximum absolute atomic E-state index is 12.8. The zero-order valence-electron chi connectivity index (χ0n) is 16.6. The van der Waals surface area contributed by atoms with E-state index in [1.165, 1.54) is 19.3 Å². The lowest BCUT2D eigenvalue weighted by atomic mass is 10.1. The number of likely N-dealkylation sites (tertiary alicyclic amines) is 1. The van der Waals surface area contributed by atoms with Gasteiger partial charge in [-0.2, -0.15) is 5.10 Å². The molecule has 4 rings (SSSR count). The van der Waals surface area contributed by atoms with Crippen LogP contribution in [0, 0.1) is 5.92 Å². The van der Waals surface area contributed by atoms with Crippen molar-refractivity contribution in [3.8, 4) is 0 Å². The van der Waals surface area contributed by atoms with Crippen molar-refractivity contribution in [2.75, 3.05) is 25.0 Å².